The van der Waals surface area contributed by atoms with Crippen LogP contribution >= 0.6 is 0 Å². The van der Waals surface area contributed by atoms with Crippen LogP contribution in [0.2, 0.25) is 0 Å². The van der Waals surface area contributed by atoms with E-state index in [-0.39, 0.29) is 11.5 Å². The summed E-state index contributed by atoms with van der Waals surface area (Å²) in [6.07, 6.45) is 1.39. The number of aromatic nitrogens is 3. The van der Waals surface area contributed by atoms with Crippen LogP contribution in [0.4, 0.5) is 11.6 Å². The second-order valence-electron chi connectivity index (χ2n) is 6.46. The van der Waals surface area contributed by atoms with Crippen molar-refractivity contribution in [1.29, 1.82) is 0 Å². The third kappa shape index (κ3) is 3.16. The van der Waals surface area contributed by atoms with Crippen LogP contribution in [0.15, 0.2) is 65.9 Å². The monoisotopic (exact) mass is 375 g/mol. The predicted octanol–water partition coefficient (Wildman–Crippen LogP) is 2.93. The Morgan fingerprint density at radius 3 is 2.46 bits per heavy atom. The summed E-state index contributed by atoms with van der Waals surface area (Å²) in [7, 11) is 0. The molecular weight excluding hydrogens is 358 g/mol. The Bertz CT molecular complexity index is 1060. The number of hydrogen-bond acceptors (Lipinski definition) is 5. The Morgan fingerprint density at radius 2 is 1.79 bits per heavy atom. The first-order valence-corrected chi connectivity index (χ1v) is 8.68. The molecule has 2 heterocycles. The molecule has 4 rings (SSSR count). The van der Waals surface area contributed by atoms with E-state index in [2.05, 4.69) is 20.4 Å². The molecule has 0 fully saturated rings. The van der Waals surface area contributed by atoms with Crippen LogP contribution in [0.25, 0.3) is 0 Å². The van der Waals surface area contributed by atoms with Crippen molar-refractivity contribution in [2.24, 2.45) is 10.9 Å². The molecule has 0 saturated heterocycles. The molecule has 2 unspecified atom stereocenters. The second kappa shape index (κ2) is 7.07. The van der Waals surface area contributed by atoms with Crippen molar-refractivity contribution in [3.63, 3.8) is 0 Å². The Morgan fingerprint density at radius 1 is 1.07 bits per heavy atom. The van der Waals surface area contributed by atoms with Gasteiger partial charge in [-0.2, -0.15) is 10.1 Å². The van der Waals surface area contributed by atoms with Gasteiger partial charge in [0.2, 0.25) is 11.9 Å². The van der Waals surface area contributed by atoms with Gasteiger partial charge in [-0.1, -0.05) is 30.3 Å². The highest BCUT2D eigenvalue weighted by atomic mass is 16.4. The van der Waals surface area contributed by atoms with Crippen LogP contribution in [0, 0.1) is 5.92 Å². The molecule has 8 heteroatoms. The molecule has 0 aliphatic carbocycles. The van der Waals surface area contributed by atoms with Gasteiger partial charge in [-0.3, -0.25) is 4.79 Å². The highest BCUT2D eigenvalue weighted by Gasteiger charge is 2.38. The van der Waals surface area contributed by atoms with E-state index in [0.29, 0.717) is 17.3 Å². The molecule has 0 saturated carbocycles. The molecule has 1 aromatic heterocycles. The van der Waals surface area contributed by atoms with E-state index in [9.17, 15) is 9.59 Å². The fraction of sp³-hybridized carbons (Fsp3) is 0.150. The summed E-state index contributed by atoms with van der Waals surface area (Å²) in [6, 6.07) is 15.1. The van der Waals surface area contributed by atoms with Gasteiger partial charge in [0.05, 0.1) is 11.6 Å². The van der Waals surface area contributed by atoms with Crippen LogP contribution in [0.3, 0.4) is 0 Å². The van der Waals surface area contributed by atoms with Gasteiger partial charge in [-0.05, 0) is 36.8 Å². The smallest absolute Gasteiger partial charge is 0.335 e. The maximum atomic E-state index is 13.1. The van der Waals surface area contributed by atoms with E-state index in [4.69, 9.17) is 5.11 Å². The van der Waals surface area contributed by atoms with E-state index in [0.717, 1.165) is 5.56 Å². The lowest BCUT2D eigenvalue weighted by atomic mass is 9.87. The lowest BCUT2D eigenvalue weighted by Crippen LogP contribution is -2.39. The van der Waals surface area contributed by atoms with Crippen molar-refractivity contribution in [1.82, 2.24) is 14.8 Å². The summed E-state index contributed by atoms with van der Waals surface area (Å²) in [5.74, 6) is -1.44. The maximum absolute atomic E-state index is 13.1. The minimum absolute atomic E-state index is 0.175. The molecule has 2 aromatic carbocycles. The normalized spacial score (nSPS) is 18.1. The van der Waals surface area contributed by atoms with Gasteiger partial charge in [0, 0.05) is 11.4 Å². The summed E-state index contributed by atoms with van der Waals surface area (Å²) < 4.78 is 1.60. The second-order valence-corrected chi connectivity index (χ2v) is 6.46. The molecule has 2 N–H and O–H groups in total. The topological polar surface area (TPSA) is 109 Å². The number of aliphatic imine (C=N–C) groups is 1. The Labute approximate surface area is 160 Å². The van der Waals surface area contributed by atoms with E-state index in [1.807, 2.05) is 30.3 Å². The number of nitrogens with zero attached hydrogens (tertiary/aromatic N) is 4. The zero-order valence-electron chi connectivity index (χ0n) is 15.0. The number of aromatic carboxylic acids is 1. The third-order valence-corrected chi connectivity index (χ3v) is 4.68. The summed E-state index contributed by atoms with van der Waals surface area (Å²) in [5.41, 5.74) is 2.22. The van der Waals surface area contributed by atoms with Crippen LogP contribution < -0.4 is 5.32 Å². The number of carbonyl (C=O) groups is 2. The molecule has 2 atom stereocenters. The molecule has 0 spiro atoms. The highest BCUT2D eigenvalue weighted by Crippen LogP contribution is 2.35. The lowest BCUT2D eigenvalue weighted by Gasteiger charge is -2.30. The first-order valence-electron chi connectivity index (χ1n) is 8.68. The van der Waals surface area contributed by atoms with Crippen molar-refractivity contribution >= 4 is 29.2 Å². The van der Waals surface area contributed by atoms with Crippen LogP contribution in [0.1, 0.15) is 28.9 Å². The zero-order chi connectivity index (χ0) is 19.7. The molecule has 140 valence electrons. The van der Waals surface area contributed by atoms with Crippen LogP contribution in [0.5, 0.6) is 0 Å². The average molecular weight is 375 g/mol. The first-order chi connectivity index (χ1) is 13.5. The standard InChI is InChI=1S/C20H17N5O3/c1-12-16(18(26)24-15-5-3-2-4-6-15)17(25-20(23-12)21-11-22-25)13-7-9-14(10-8-13)19(27)28/h2-11,16-17H,1H3,(H,24,26)(H,27,28). The van der Waals surface area contributed by atoms with E-state index < -0.39 is 17.9 Å². The van der Waals surface area contributed by atoms with Crippen molar-refractivity contribution in [3.8, 4) is 0 Å². The van der Waals surface area contributed by atoms with Gasteiger partial charge in [-0.25, -0.2) is 14.5 Å². The molecule has 1 aliphatic rings. The largest absolute Gasteiger partial charge is 0.478 e. The van der Waals surface area contributed by atoms with E-state index >= 15 is 0 Å². The quantitative estimate of drug-likeness (QED) is 0.729. The number of fused-ring (bicyclic) bond motifs is 1. The summed E-state index contributed by atoms with van der Waals surface area (Å²) in [6.45, 7) is 1.78. The molecule has 0 bridgehead atoms. The summed E-state index contributed by atoms with van der Waals surface area (Å²) >= 11 is 0. The van der Waals surface area contributed by atoms with Gasteiger partial charge in [0.15, 0.2) is 0 Å². The number of anilines is 1. The molecule has 28 heavy (non-hydrogen) atoms. The van der Waals surface area contributed by atoms with Gasteiger partial charge < -0.3 is 10.4 Å². The highest BCUT2D eigenvalue weighted by molar-refractivity contribution is 6.10. The fourth-order valence-electron chi connectivity index (χ4n) is 3.35. The predicted molar refractivity (Wildman–Crippen MR) is 103 cm³/mol. The van der Waals surface area contributed by atoms with E-state index in [1.54, 1.807) is 23.7 Å². The van der Waals surface area contributed by atoms with Crippen molar-refractivity contribution in [3.05, 3.63) is 72.1 Å². The average Bonchev–Trinajstić information content (AvgIpc) is 3.15. The van der Waals surface area contributed by atoms with Crippen molar-refractivity contribution in [2.45, 2.75) is 13.0 Å². The van der Waals surface area contributed by atoms with Crippen molar-refractivity contribution < 1.29 is 14.7 Å². The number of benzene rings is 2. The third-order valence-electron chi connectivity index (χ3n) is 4.68. The zero-order valence-corrected chi connectivity index (χ0v) is 15.0. The first kappa shape index (κ1) is 17.6. The van der Waals surface area contributed by atoms with Gasteiger partial charge in [0.25, 0.3) is 0 Å². The maximum Gasteiger partial charge on any atom is 0.335 e. The lowest BCUT2D eigenvalue weighted by molar-refractivity contribution is -0.118. The molecule has 3 aromatic rings. The van der Waals surface area contributed by atoms with Crippen LogP contribution in [-0.2, 0) is 4.79 Å². The van der Waals surface area contributed by atoms with Crippen LogP contribution in [-0.4, -0.2) is 37.5 Å². The fourth-order valence-corrected chi connectivity index (χ4v) is 3.35. The molecular formula is C20H17N5O3. The number of amides is 1. The van der Waals surface area contributed by atoms with Gasteiger partial charge in [0.1, 0.15) is 12.2 Å². The number of carbonyl (C=O) groups excluding carboxylic acids is 1. The Hall–Kier alpha value is -3.81. The summed E-state index contributed by atoms with van der Waals surface area (Å²) in [5, 5.41) is 16.3. The Balaban J connectivity index is 1.74. The van der Waals surface area contributed by atoms with E-state index in [1.165, 1.54) is 18.5 Å². The minimum Gasteiger partial charge on any atom is -0.478 e. The molecule has 8 nitrogen and oxygen atoms in total. The van der Waals surface area contributed by atoms with Crippen molar-refractivity contribution in [2.75, 3.05) is 5.32 Å². The van der Waals surface area contributed by atoms with Gasteiger partial charge in [-0.15, -0.1) is 0 Å². The molecule has 1 amide bonds. The number of hydrogen-bond donors (Lipinski definition) is 2. The Kier molecular flexibility index (Phi) is 4.44. The minimum atomic E-state index is -1.01. The summed E-state index contributed by atoms with van der Waals surface area (Å²) in [4.78, 5) is 32.9. The van der Waals surface area contributed by atoms with Gasteiger partial charge >= 0.3 is 5.97 Å². The number of para-hydroxylation sites is 1. The molecule has 1 aliphatic heterocycles. The SMILES string of the molecule is CC1=Nc2ncnn2C(c2ccc(C(=O)O)cc2)C1C(=O)Nc1ccccc1. The number of rotatable bonds is 4. The number of nitrogens with one attached hydrogen (secondary N) is 1. The number of carboxylic acids is 1. The number of carboxylic acid groups (broad SMARTS) is 1. The molecule has 0 radical (unpaired) electrons.